The highest BCUT2D eigenvalue weighted by Crippen LogP contribution is 2.13. The molecule has 24 heavy (non-hydrogen) atoms. The Hall–Kier alpha value is -3.42. The second kappa shape index (κ2) is 6.37. The lowest BCUT2D eigenvalue weighted by atomic mass is 10.1. The van der Waals surface area contributed by atoms with Crippen LogP contribution in [0.5, 0.6) is 0 Å². The largest absolute Gasteiger partial charge is 0.351 e. The molecule has 0 bridgehead atoms. The van der Waals surface area contributed by atoms with Gasteiger partial charge >= 0.3 is 6.03 Å². The first kappa shape index (κ1) is 15.5. The smallest absolute Gasteiger partial charge is 0.316 e. The van der Waals surface area contributed by atoms with Crippen LogP contribution in [0.3, 0.4) is 0 Å². The van der Waals surface area contributed by atoms with Gasteiger partial charge in [0.25, 0.3) is 0 Å². The first-order valence-corrected chi connectivity index (χ1v) is 7.24. The minimum atomic E-state index is -0.635. The lowest BCUT2D eigenvalue weighted by molar-refractivity contribution is 0.259. The number of amides is 2. The molecule has 0 fully saturated rings. The number of rotatable bonds is 4. The Morgan fingerprint density at radius 1 is 1.33 bits per heavy atom. The standard InChI is InChI=1S/C16H16N6O2/c1-21-10-13(9-18-21)22-6-5-15(23)14(20-22)8-11-3-2-4-12(7-11)19-16(17)24/h2-7,9-10H,8H2,1H3,(H3,17,19,24). The topological polar surface area (TPSA) is 108 Å². The molecule has 122 valence electrons. The summed E-state index contributed by atoms with van der Waals surface area (Å²) in [7, 11) is 1.81. The summed E-state index contributed by atoms with van der Waals surface area (Å²) in [5.41, 5.74) is 7.55. The van der Waals surface area contributed by atoms with Crippen LogP contribution in [0, 0.1) is 0 Å². The monoisotopic (exact) mass is 324 g/mol. The van der Waals surface area contributed by atoms with Crippen molar-refractivity contribution in [2.75, 3.05) is 5.32 Å². The van der Waals surface area contributed by atoms with Crippen molar-refractivity contribution >= 4 is 11.7 Å². The van der Waals surface area contributed by atoms with E-state index in [0.29, 0.717) is 17.8 Å². The molecule has 2 aromatic heterocycles. The van der Waals surface area contributed by atoms with Crippen LogP contribution < -0.4 is 16.5 Å². The Kier molecular flexibility index (Phi) is 4.11. The molecule has 0 unspecified atom stereocenters. The van der Waals surface area contributed by atoms with Crippen LogP contribution in [0.15, 0.2) is 53.7 Å². The number of nitrogens with zero attached hydrogens (tertiary/aromatic N) is 4. The predicted molar refractivity (Wildman–Crippen MR) is 89.1 cm³/mol. The van der Waals surface area contributed by atoms with E-state index >= 15 is 0 Å². The molecule has 3 aromatic rings. The van der Waals surface area contributed by atoms with Crippen molar-refractivity contribution in [3.8, 4) is 5.69 Å². The van der Waals surface area contributed by atoms with Gasteiger partial charge in [0.1, 0.15) is 11.4 Å². The van der Waals surface area contributed by atoms with Crippen LogP contribution in [-0.4, -0.2) is 25.6 Å². The Morgan fingerprint density at radius 3 is 2.88 bits per heavy atom. The zero-order valence-corrected chi connectivity index (χ0v) is 13.0. The van der Waals surface area contributed by atoms with Gasteiger partial charge < -0.3 is 11.1 Å². The number of benzene rings is 1. The summed E-state index contributed by atoms with van der Waals surface area (Å²) in [5, 5.41) is 11.0. The van der Waals surface area contributed by atoms with E-state index in [1.54, 1.807) is 46.2 Å². The number of anilines is 1. The molecule has 0 aliphatic heterocycles. The Balaban J connectivity index is 1.90. The number of nitrogens with one attached hydrogen (secondary N) is 1. The number of nitrogens with two attached hydrogens (primary N) is 1. The number of carbonyl (C=O) groups excluding carboxylic acids is 1. The van der Waals surface area contributed by atoms with E-state index < -0.39 is 6.03 Å². The zero-order valence-electron chi connectivity index (χ0n) is 13.0. The SMILES string of the molecule is Cn1cc(-n2ccc(=O)c(Cc3cccc(NC(N)=O)c3)n2)cn1. The van der Waals surface area contributed by atoms with Crippen molar-refractivity contribution in [1.29, 1.82) is 0 Å². The number of carbonyl (C=O) groups is 1. The third kappa shape index (κ3) is 3.49. The number of hydrogen-bond donors (Lipinski definition) is 2. The summed E-state index contributed by atoms with van der Waals surface area (Å²) in [6.45, 7) is 0. The Labute approximate surface area is 137 Å². The van der Waals surface area contributed by atoms with E-state index in [0.717, 1.165) is 11.3 Å². The molecule has 0 atom stereocenters. The first-order valence-electron chi connectivity index (χ1n) is 7.24. The summed E-state index contributed by atoms with van der Waals surface area (Å²) >= 11 is 0. The quantitative estimate of drug-likeness (QED) is 0.747. The van der Waals surface area contributed by atoms with E-state index in [1.165, 1.54) is 6.07 Å². The van der Waals surface area contributed by atoms with Gasteiger partial charge in [-0.1, -0.05) is 12.1 Å². The van der Waals surface area contributed by atoms with Crippen LogP contribution in [0.25, 0.3) is 5.69 Å². The molecule has 0 aliphatic carbocycles. The first-order chi connectivity index (χ1) is 11.5. The van der Waals surface area contributed by atoms with E-state index in [2.05, 4.69) is 15.5 Å². The maximum atomic E-state index is 12.1. The molecule has 0 aliphatic rings. The van der Waals surface area contributed by atoms with Crippen molar-refractivity contribution in [3.05, 3.63) is 70.4 Å². The molecule has 1 aromatic carbocycles. The molecule has 2 heterocycles. The highest BCUT2D eigenvalue weighted by Gasteiger charge is 2.07. The maximum absolute atomic E-state index is 12.1. The van der Waals surface area contributed by atoms with Crippen LogP contribution in [0.1, 0.15) is 11.3 Å². The van der Waals surface area contributed by atoms with Crippen LogP contribution >= 0.6 is 0 Å². The van der Waals surface area contributed by atoms with Gasteiger partial charge in [-0.25, -0.2) is 9.48 Å². The fourth-order valence-electron chi connectivity index (χ4n) is 2.33. The third-order valence-corrected chi connectivity index (χ3v) is 3.40. The fraction of sp³-hybridized carbons (Fsp3) is 0.125. The van der Waals surface area contributed by atoms with Gasteiger partial charge in [0, 0.05) is 31.4 Å². The number of urea groups is 1. The molecular formula is C16H16N6O2. The van der Waals surface area contributed by atoms with E-state index in [4.69, 9.17) is 5.73 Å². The van der Waals surface area contributed by atoms with Gasteiger partial charge in [0.2, 0.25) is 5.43 Å². The summed E-state index contributed by atoms with van der Waals surface area (Å²) in [5.74, 6) is 0. The van der Waals surface area contributed by atoms with Gasteiger partial charge in [-0.2, -0.15) is 10.2 Å². The van der Waals surface area contributed by atoms with Gasteiger partial charge in [0.15, 0.2) is 0 Å². The number of primary amides is 1. The molecule has 0 saturated carbocycles. The molecule has 8 nitrogen and oxygen atoms in total. The molecular weight excluding hydrogens is 308 g/mol. The average Bonchev–Trinajstić information content (AvgIpc) is 2.96. The van der Waals surface area contributed by atoms with Gasteiger partial charge in [-0.05, 0) is 17.7 Å². The average molecular weight is 324 g/mol. The predicted octanol–water partition coefficient (Wildman–Crippen LogP) is 1.05. The van der Waals surface area contributed by atoms with Gasteiger partial charge in [-0.15, -0.1) is 0 Å². The molecule has 3 N–H and O–H groups in total. The molecule has 0 saturated heterocycles. The molecule has 8 heteroatoms. The Morgan fingerprint density at radius 2 is 2.17 bits per heavy atom. The summed E-state index contributed by atoms with van der Waals surface area (Å²) in [6, 6.07) is 7.95. The Bertz CT molecular complexity index is 943. The normalized spacial score (nSPS) is 10.5. The van der Waals surface area contributed by atoms with Crippen molar-refractivity contribution in [2.45, 2.75) is 6.42 Å². The summed E-state index contributed by atoms with van der Waals surface area (Å²) in [4.78, 5) is 23.0. The third-order valence-electron chi connectivity index (χ3n) is 3.40. The number of aryl methyl sites for hydroxylation is 1. The molecule has 3 rings (SSSR count). The minimum Gasteiger partial charge on any atom is -0.351 e. The highest BCUT2D eigenvalue weighted by molar-refractivity contribution is 5.87. The second-order valence-corrected chi connectivity index (χ2v) is 5.31. The summed E-state index contributed by atoms with van der Waals surface area (Å²) < 4.78 is 3.27. The molecule has 0 radical (unpaired) electrons. The molecule has 2 amide bonds. The van der Waals surface area contributed by atoms with Crippen LogP contribution in [0.4, 0.5) is 10.5 Å². The van der Waals surface area contributed by atoms with Crippen LogP contribution in [0.2, 0.25) is 0 Å². The number of aromatic nitrogens is 4. The van der Waals surface area contributed by atoms with Crippen molar-refractivity contribution in [2.24, 2.45) is 12.8 Å². The van der Waals surface area contributed by atoms with Crippen molar-refractivity contribution in [3.63, 3.8) is 0 Å². The van der Waals surface area contributed by atoms with Gasteiger partial charge in [-0.3, -0.25) is 9.48 Å². The van der Waals surface area contributed by atoms with E-state index in [9.17, 15) is 9.59 Å². The maximum Gasteiger partial charge on any atom is 0.316 e. The zero-order chi connectivity index (χ0) is 17.1. The van der Waals surface area contributed by atoms with Gasteiger partial charge in [0.05, 0.1) is 12.4 Å². The second-order valence-electron chi connectivity index (χ2n) is 5.31. The van der Waals surface area contributed by atoms with Crippen LogP contribution in [-0.2, 0) is 13.5 Å². The molecule has 0 spiro atoms. The lowest BCUT2D eigenvalue weighted by Crippen LogP contribution is -2.19. The van der Waals surface area contributed by atoms with E-state index in [-0.39, 0.29) is 5.43 Å². The minimum absolute atomic E-state index is 0.150. The highest BCUT2D eigenvalue weighted by atomic mass is 16.2. The lowest BCUT2D eigenvalue weighted by Gasteiger charge is -2.07. The van der Waals surface area contributed by atoms with Crippen molar-refractivity contribution < 1.29 is 4.79 Å². The fourth-order valence-corrected chi connectivity index (χ4v) is 2.33. The number of hydrogen-bond acceptors (Lipinski definition) is 4. The van der Waals surface area contributed by atoms with Crippen molar-refractivity contribution in [1.82, 2.24) is 19.6 Å². The summed E-state index contributed by atoms with van der Waals surface area (Å²) in [6.07, 6.45) is 5.42. The van der Waals surface area contributed by atoms with E-state index in [1.807, 2.05) is 13.1 Å².